The van der Waals surface area contributed by atoms with E-state index in [1.165, 1.54) is 11.1 Å². The number of para-hydroxylation sites is 1. The monoisotopic (exact) mass is 348 g/mol. The lowest BCUT2D eigenvalue weighted by atomic mass is 9.89. The number of carbonyl (C=O) groups excluding carboxylic acids is 1. The van der Waals surface area contributed by atoms with Crippen LogP contribution in [0, 0.1) is 5.92 Å². The molecule has 0 atom stereocenters. The van der Waals surface area contributed by atoms with Crippen LogP contribution in [0.5, 0.6) is 0 Å². The molecular formula is C20H20N4O2. The minimum Gasteiger partial charge on any atom is -0.273 e. The predicted molar refractivity (Wildman–Crippen MR) is 100 cm³/mol. The van der Waals surface area contributed by atoms with E-state index in [-0.39, 0.29) is 17.4 Å². The van der Waals surface area contributed by atoms with Crippen LogP contribution in [0.15, 0.2) is 53.6 Å². The van der Waals surface area contributed by atoms with Crippen molar-refractivity contribution in [1.29, 1.82) is 0 Å². The average Bonchev–Trinajstić information content (AvgIpc) is 2.71. The van der Waals surface area contributed by atoms with Crippen LogP contribution in [-0.2, 0) is 4.79 Å². The van der Waals surface area contributed by atoms with E-state index in [9.17, 15) is 9.59 Å². The van der Waals surface area contributed by atoms with Gasteiger partial charge in [-0.25, -0.2) is 4.98 Å². The molecule has 0 spiro atoms. The summed E-state index contributed by atoms with van der Waals surface area (Å²) in [5.74, 6) is 0.256. The lowest BCUT2D eigenvalue weighted by Gasteiger charge is -2.22. The van der Waals surface area contributed by atoms with E-state index in [4.69, 9.17) is 0 Å². The molecule has 2 aromatic heterocycles. The molecular weight excluding hydrogens is 328 g/mol. The Morgan fingerprint density at radius 2 is 1.77 bits per heavy atom. The number of benzene rings is 1. The lowest BCUT2D eigenvalue weighted by Crippen LogP contribution is -2.38. The molecule has 26 heavy (non-hydrogen) atoms. The van der Waals surface area contributed by atoms with Crippen LogP contribution in [0.25, 0.3) is 22.3 Å². The third-order valence-electron chi connectivity index (χ3n) is 4.91. The Kier molecular flexibility index (Phi) is 4.48. The number of amides is 1. The number of hydrogen-bond acceptors (Lipinski definition) is 4. The van der Waals surface area contributed by atoms with Crippen LogP contribution >= 0.6 is 0 Å². The van der Waals surface area contributed by atoms with E-state index in [1.54, 1.807) is 42.7 Å². The van der Waals surface area contributed by atoms with Crippen molar-refractivity contribution in [3.8, 4) is 11.4 Å². The van der Waals surface area contributed by atoms with Crippen molar-refractivity contribution in [3.63, 3.8) is 0 Å². The Morgan fingerprint density at radius 3 is 2.54 bits per heavy atom. The fourth-order valence-electron chi connectivity index (χ4n) is 3.50. The quantitative estimate of drug-likeness (QED) is 0.789. The molecule has 1 saturated carbocycles. The number of hydrogen-bond donors (Lipinski definition) is 1. The smallest absolute Gasteiger partial charge is 0.273 e. The molecule has 1 N–H and O–H groups in total. The van der Waals surface area contributed by atoms with Gasteiger partial charge < -0.3 is 0 Å². The van der Waals surface area contributed by atoms with Crippen molar-refractivity contribution >= 4 is 16.8 Å². The molecule has 0 aliphatic heterocycles. The van der Waals surface area contributed by atoms with Gasteiger partial charge in [0, 0.05) is 23.9 Å². The standard InChI is InChI=1S/C20H20N4O2/c25-19(15-6-2-1-3-7-15)23-24-18(14-10-12-21-13-11-14)22-17-9-5-4-8-16(17)20(24)26/h4-5,8-13,15H,1-3,6-7H2,(H,23,25). The first-order valence-electron chi connectivity index (χ1n) is 8.97. The summed E-state index contributed by atoms with van der Waals surface area (Å²) in [6, 6.07) is 10.7. The van der Waals surface area contributed by atoms with Crippen LogP contribution in [0.1, 0.15) is 32.1 Å². The molecule has 3 aromatic rings. The van der Waals surface area contributed by atoms with Crippen LogP contribution in [0.3, 0.4) is 0 Å². The van der Waals surface area contributed by atoms with E-state index < -0.39 is 0 Å². The molecule has 1 amide bonds. The fraction of sp³-hybridized carbons (Fsp3) is 0.300. The zero-order chi connectivity index (χ0) is 17.9. The highest BCUT2D eigenvalue weighted by molar-refractivity contribution is 5.87. The first-order valence-corrected chi connectivity index (χ1v) is 8.97. The van der Waals surface area contributed by atoms with Gasteiger partial charge in [0.2, 0.25) is 5.91 Å². The van der Waals surface area contributed by atoms with Crippen molar-refractivity contribution in [1.82, 2.24) is 14.6 Å². The van der Waals surface area contributed by atoms with Gasteiger partial charge in [-0.15, -0.1) is 0 Å². The molecule has 1 aliphatic carbocycles. The summed E-state index contributed by atoms with van der Waals surface area (Å²) in [6.07, 6.45) is 8.30. The zero-order valence-corrected chi connectivity index (χ0v) is 14.4. The highest BCUT2D eigenvalue weighted by Gasteiger charge is 2.23. The number of nitrogens with one attached hydrogen (secondary N) is 1. The van der Waals surface area contributed by atoms with Gasteiger partial charge in [-0.05, 0) is 37.1 Å². The zero-order valence-electron chi connectivity index (χ0n) is 14.4. The Labute approximate surface area is 150 Å². The summed E-state index contributed by atoms with van der Waals surface area (Å²) in [7, 11) is 0. The van der Waals surface area contributed by atoms with Crippen LogP contribution in [0.4, 0.5) is 0 Å². The van der Waals surface area contributed by atoms with Gasteiger partial charge in [0.15, 0.2) is 5.82 Å². The minimum atomic E-state index is -0.272. The minimum absolute atomic E-state index is 0.0487. The lowest BCUT2D eigenvalue weighted by molar-refractivity contribution is -0.121. The highest BCUT2D eigenvalue weighted by Crippen LogP contribution is 2.24. The number of aromatic nitrogens is 3. The van der Waals surface area contributed by atoms with Gasteiger partial charge in [0.05, 0.1) is 10.9 Å². The maximum Gasteiger partial charge on any atom is 0.280 e. The summed E-state index contributed by atoms with van der Waals surface area (Å²) in [5.41, 5.74) is 3.88. The van der Waals surface area contributed by atoms with Crippen molar-refractivity contribution in [3.05, 3.63) is 59.1 Å². The predicted octanol–water partition coefficient (Wildman–Crippen LogP) is 3.11. The van der Waals surface area contributed by atoms with Gasteiger partial charge in [0.25, 0.3) is 5.56 Å². The maximum absolute atomic E-state index is 13.0. The molecule has 6 nitrogen and oxygen atoms in total. The third kappa shape index (κ3) is 3.10. The molecule has 0 saturated heterocycles. The van der Waals surface area contributed by atoms with E-state index >= 15 is 0 Å². The molecule has 6 heteroatoms. The molecule has 1 fully saturated rings. The summed E-state index contributed by atoms with van der Waals surface area (Å²) < 4.78 is 1.29. The number of rotatable bonds is 3. The normalized spacial score (nSPS) is 15.1. The number of carbonyl (C=O) groups is 1. The number of nitrogens with zero attached hydrogens (tertiary/aromatic N) is 3. The largest absolute Gasteiger partial charge is 0.280 e. The van der Waals surface area contributed by atoms with E-state index in [1.807, 2.05) is 6.07 Å². The van der Waals surface area contributed by atoms with E-state index in [0.29, 0.717) is 16.7 Å². The second-order valence-corrected chi connectivity index (χ2v) is 6.64. The van der Waals surface area contributed by atoms with Crippen molar-refractivity contribution in [2.24, 2.45) is 5.92 Å². The summed E-state index contributed by atoms with van der Waals surface area (Å²) in [6.45, 7) is 0. The SMILES string of the molecule is O=C(Nn1c(-c2ccncc2)nc2ccccc2c1=O)C1CCCCC1. The third-order valence-corrected chi connectivity index (χ3v) is 4.91. The molecule has 132 valence electrons. The maximum atomic E-state index is 13.0. The molecule has 2 heterocycles. The Hall–Kier alpha value is -3.02. The number of pyridine rings is 1. The number of fused-ring (bicyclic) bond motifs is 1. The summed E-state index contributed by atoms with van der Waals surface area (Å²) >= 11 is 0. The first kappa shape index (κ1) is 16.4. The molecule has 1 aliphatic rings. The van der Waals surface area contributed by atoms with Gasteiger partial charge in [-0.2, -0.15) is 4.68 Å². The summed E-state index contributed by atoms with van der Waals surface area (Å²) in [5, 5.41) is 0.481. The van der Waals surface area contributed by atoms with Gasteiger partial charge in [0.1, 0.15) is 0 Å². The average molecular weight is 348 g/mol. The Bertz CT molecular complexity index is 992. The Balaban J connectivity index is 1.82. The molecule has 0 radical (unpaired) electrons. The van der Waals surface area contributed by atoms with Crippen molar-refractivity contribution < 1.29 is 4.79 Å². The topological polar surface area (TPSA) is 76.9 Å². The Morgan fingerprint density at radius 1 is 1.04 bits per heavy atom. The molecule has 4 rings (SSSR count). The van der Waals surface area contributed by atoms with Crippen molar-refractivity contribution in [2.75, 3.05) is 5.43 Å². The highest BCUT2D eigenvalue weighted by atomic mass is 16.2. The van der Waals surface area contributed by atoms with Crippen molar-refractivity contribution in [2.45, 2.75) is 32.1 Å². The van der Waals surface area contributed by atoms with Gasteiger partial charge >= 0.3 is 0 Å². The van der Waals surface area contributed by atoms with Crippen LogP contribution in [-0.4, -0.2) is 20.6 Å². The molecule has 0 unspecified atom stereocenters. The molecule has 0 bridgehead atoms. The van der Waals surface area contributed by atoms with Gasteiger partial charge in [-0.1, -0.05) is 31.4 Å². The van der Waals surface area contributed by atoms with E-state index in [2.05, 4.69) is 15.4 Å². The second kappa shape index (κ2) is 7.07. The van der Waals surface area contributed by atoms with Gasteiger partial charge in [-0.3, -0.25) is 20.0 Å². The fourth-order valence-corrected chi connectivity index (χ4v) is 3.50. The second-order valence-electron chi connectivity index (χ2n) is 6.64. The first-order chi connectivity index (χ1) is 12.7. The van der Waals surface area contributed by atoms with E-state index in [0.717, 1.165) is 31.2 Å². The molecule has 1 aromatic carbocycles. The van der Waals surface area contributed by atoms with Crippen LogP contribution < -0.4 is 11.0 Å². The van der Waals surface area contributed by atoms with Crippen LogP contribution in [0.2, 0.25) is 0 Å². The summed E-state index contributed by atoms with van der Waals surface area (Å²) in [4.78, 5) is 34.4.